The second-order valence-corrected chi connectivity index (χ2v) is 7.72. The van der Waals surface area contributed by atoms with E-state index in [1.807, 2.05) is 0 Å². The number of rotatable bonds is 3. The van der Waals surface area contributed by atoms with Crippen molar-refractivity contribution in [2.24, 2.45) is 0 Å². The molecule has 0 unspecified atom stereocenters. The van der Waals surface area contributed by atoms with Crippen molar-refractivity contribution in [1.29, 1.82) is 0 Å². The Morgan fingerprint density at radius 1 is 1.04 bits per heavy atom. The van der Waals surface area contributed by atoms with Crippen LogP contribution in [0.15, 0.2) is 70.2 Å². The Hall–Kier alpha value is -3.19. The second kappa shape index (κ2) is 5.96. The van der Waals surface area contributed by atoms with Gasteiger partial charge in [-0.2, -0.15) is 0 Å². The van der Waals surface area contributed by atoms with Crippen molar-refractivity contribution < 1.29 is 12.8 Å². The van der Waals surface area contributed by atoms with Gasteiger partial charge in [0.25, 0.3) is 0 Å². The number of benzene rings is 1. The quantitative estimate of drug-likeness (QED) is 0.600. The number of fused-ring (bicyclic) bond motifs is 2. The molecule has 0 atom stereocenters. The fourth-order valence-electron chi connectivity index (χ4n) is 2.86. The van der Waals surface area contributed by atoms with E-state index in [9.17, 15) is 13.2 Å². The average Bonchev–Trinajstić information content (AvgIpc) is 3.09. The third-order valence-electron chi connectivity index (χ3n) is 3.99. The van der Waals surface area contributed by atoms with Crippen molar-refractivity contribution in [2.45, 2.75) is 0 Å². The minimum absolute atomic E-state index is 0.224. The first-order valence-corrected chi connectivity index (χ1v) is 9.68. The predicted octanol–water partition coefficient (Wildman–Crippen LogP) is 3.38. The highest BCUT2D eigenvalue weighted by atomic mass is 32.2. The molecule has 0 radical (unpaired) electrons. The van der Waals surface area contributed by atoms with Gasteiger partial charge in [0.15, 0.2) is 5.43 Å². The first kappa shape index (κ1) is 16.3. The molecule has 0 saturated heterocycles. The van der Waals surface area contributed by atoms with Crippen LogP contribution in [0.25, 0.3) is 33.0 Å². The summed E-state index contributed by atoms with van der Waals surface area (Å²) in [6.45, 7) is 0. The van der Waals surface area contributed by atoms with E-state index in [1.165, 1.54) is 6.07 Å². The van der Waals surface area contributed by atoms with Crippen LogP contribution in [-0.4, -0.2) is 19.7 Å². The van der Waals surface area contributed by atoms with Gasteiger partial charge in [0.05, 0.1) is 18.0 Å². The van der Waals surface area contributed by atoms with Crippen molar-refractivity contribution in [2.75, 3.05) is 11.0 Å². The Morgan fingerprint density at radius 2 is 1.85 bits per heavy atom. The van der Waals surface area contributed by atoms with E-state index < -0.39 is 10.0 Å². The van der Waals surface area contributed by atoms with Crippen LogP contribution in [0.2, 0.25) is 0 Å². The van der Waals surface area contributed by atoms with Gasteiger partial charge in [0, 0.05) is 28.2 Å². The van der Waals surface area contributed by atoms with Crippen molar-refractivity contribution in [3.05, 3.63) is 71.2 Å². The first-order chi connectivity index (χ1) is 12.4. The highest BCUT2D eigenvalue weighted by Crippen LogP contribution is 2.23. The van der Waals surface area contributed by atoms with Crippen molar-refractivity contribution in [3.8, 4) is 11.3 Å². The van der Waals surface area contributed by atoms with Crippen molar-refractivity contribution >= 4 is 37.4 Å². The number of hydrogen-bond donors (Lipinski definition) is 1. The second-order valence-electron chi connectivity index (χ2n) is 5.97. The maximum absolute atomic E-state index is 13.1. The SMILES string of the molecule is CS(=O)(=O)Nc1ccc2ccc3ncc(-c4ccco4)cc3c(=O)c2c1. The van der Waals surface area contributed by atoms with Crippen LogP contribution in [0, 0.1) is 0 Å². The minimum atomic E-state index is -3.43. The summed E-state index contributed by atoms with van der Waals surface area (Å²) in [6, 6.07) is 13.7. The van der Waals surface area contributed by atoms with Gasteiger partial charge in [0.2, 0.25) is 10.0 Å². The molecule has 0 aliphatic heterocycles. The van der Waals surface area contributed by atoms with E-state index >= 15 is 0 Å². The van der Waals surface area contributed by atoms with Crippen LogP contribution in [0.3, 0.4) is 0 Å². The lowest BCUT2D eigenvalue weighted by molar-refractivity contribution is 0.582. The average molecular weight is 366 g/mol. The van der Waals surface area contributed by atoms with E-state index in [0.717, 1.165) is 6.26 Å². The van der Waals surface area contributed by atoms with Gasteiger partial charge in [-0.3, -0.25) is 14.5 Å². The molecule has 4 rings (SSSR count). The molecule has 0 spiro atoms. The molecule has 2 heterocycles. The number of hydrogen-bond acceptors (Lipinski definition) is 5. The molecule has 26 heavy (non-hydrogen) atoms. The van der Waals surface area contributed by atoms with Gasteiger partial charge < -0.3 is 4.42 Å². The molecular formula is C19H14N2O4S. The summed E-state index contributed by atoms with van der Waals surface area (Å²) in [5.74, 6) is 0.619. The van der Waals surface area contributed by atoms with Gasteiger partial charge in [-0.05, 0) is 41.8 Å². The molecule has 2 aromatic heterocycles. The van der Waals surface area contributed by atoms with Gasteiger partial charge in [0.1, 0.15) is 5.76 Å². The zero-order valence-electron chi connectivity index (χ0n) is 13.8. The lowest BCUT2D eigenvalue weighted by Gasteiger charge is -2.03. The van der Waals surface area contributed by atoms with Crippen LogP contribution < -0.4 is 10.2 Å². The Kier molecular flexibility index (Phi) is 3.73. The van der Waals surface area contributed by atoms with Crippen molar-refractivity contribution in [3.63, 3.8) is 0 Å². The standard InChI is InChI=1S/C19H14N2O4S/c1-26(23,24)21-14-6-4-12-5-7-17-16(19(22)15(12)10-14)9-13(11-20-17)18-3-2-8-25-18/h2-11,21H,1H3. The summed E-state index contributed by atoms with van der Waals surface area (Å²) >= 11 is 0. The van der Waals surface area contributed by atoms with E-state index in [2.05, 4.69) is 9.71 Å². The third kappa shape index (κ3) is 3.04. The number of aromatic nitrogens is 1. The highest BCUT2D eigenvalue weighted by Gasteiger charge is 2.09. The smallest absolute Gasteiger partial charge is 0.229 e. The van der Waals surface area contributed by atoms with Crippen LogP contribution in [0.5, 0.6) is 0 Å². The number of sulfonamides is 1. The Bertz CT molecular complexity index is 1300. The maximum atomic E-state index is 13.1. The number of furan rings is 1. The summed E-state index contributed by atoms with van der Waals surface area (Å²) < 4.78 is 30.7. The maximum Gasteiger partial charge on any atom is 0.229 e. The van der Waals surface area contributed by atoms with E-state index in [-0.39, 0.29) is 5.43 Å². The Labute approximate surface area is 149 Å². The summed E-state index contributed by atoms with van der Waals surface area (Å²) in [6.07, 6.45) is 4.28. The largest absolute Gasteiger partial charge is 0.464 e. The lowest BCUT2D eigenvalue weighted by Crippen LogP contribution is -2.10. The third-order valence-corrected chi connectivity index (χ3v) is 4.60. The zero-order chi connectivity index (χ0) is 18.3. The summed E-state index contributed by atoms with van der Waals surface area (Å²) in [7, 11) is -3.43. The van der Waals surface area contributed by atoms with Crippen molar-refractivity contribution in [1.82, 2.24) is 4.98 Å². The Balaban J connectivity index is 2.01. The minimum Gasteiger partial charge on any atom is -0.464 e. The molecular weight excluding hydrogens is 352 g/mol. The fraction of sp³-hybridized carbons (Fsp3) is 0.0526. The van der Waals surface area contributed by atoms with Crippen LogP contribution in [0.4, 0.5) is 5.69 Å². The fourth-order valence-corrected chi connectivity index (χ4v) is 3.41. The molecule has 0 amide bonds. The summed E-state index contributed by atoms with van der Waals surface area (Å²) in [4.78, 5) is 17.5. The molecule has 0 bridgehead atoms. The molecule has 130 valence electrons. The molecule has 6 nitrogen and oxygen atoms in total. The normalized spacial score (nSPS) is 11.7. The summed E-state index contributed by atoms with van der Waals surface area (Å²) in [5, 5.41) is 1.55. The molecule has 2 aromatic carbocycles. The predicted molar refractivity (Wildman–Crippen MR) is 102 cm³/mol. The number of pyridine rings is 1. The molecule has 4 aromatic rings. The monoisotopic (exact) mass is 366 g/mol. The Morgan fingerprint density at radius 3 is 2.58 bits per heavy atom. The van der Waals surface area contributed by atoms with Gasteiger partial charge in [-0.1, -0.05) is 12.1 Å². The van der Waals surface area contributed by atoms with Gasteiger partial charge in [-0.25, -0.2) is 8.42 Å². The van der Waals surface area contributed by atoms with Gasteiger partial charge in [-0.15, -0.1) is 0 Å². The lowest BCUT2D eigenvalue weighted by atomic mass is 10.1. The molecule has 1 N–H and O–H groups in total. The van der Waals surface area contributed by atoms with E-state index in [4.69, 9.17) is 4.42 Å². The molecule has 0 aliphatic rings. The summed E-state index contributed by atoms with van der Waals surface area (Å²) in [5.41, 5.74) is 1.37. The van der Waals surface area contributed by atoms with Crippen LogP contribution in [-0.2, 0) is 10.0 Å². The van der Waals surface area contributed by atoms with Gasteiger partial charge >= 0.3 is 0 Å². The number of anilines is 1. The van der Waals surface area contributed by atoms with Crippen LogP contribution in [0.1, 0.15) is 0 Å². The highest BCUT2D eigenvalue weighted by molar-refractivity contribution is 7.92. The first-order valence-electron chi connectivity index (χ1n) is 7.79. The number of nitrogens with zero attached hydrogens (tertiary/aromatic N) is 1. The topological polar surface area (TPSA) is 89.3 Å². The van der Waals surface area contributed by atoms with E-state index in [1.54, 1.807) is 54.9 Å². The molecule has 0 fully saturated rings. The van der Waals surface area contributed by atoms with Crippen LogP contribution >= 0.6 is 0 Å². The zero-order valence-corrected chi connectivity index (χ0v) is 14.6. The number of nitrogens with one attached hydrogen (secondary N) is 1. The molecule has 7 heteroatoms. The van der Waals surface area contributed by atoms with E-state index in [0.29, 0.717) is 38.7 Å². The molecule has 0 aliphatic carbocycles. The molecule has 0 saturated carbocycles.